The topological polar surface area (TPSA) is 158 Å². The number of nitrogens with zero attached hydrogens (tertiary/aromatic N) is 8. The molecule has 2 aromatic carbocycles. The van der Waals surface area contributed by atoms with Crippen molar-refractivity contribution in [2.24, 2.45) is 5.92 Å². The lowest BCUT2D eigenvalue weighted by Crippen LogP contribution is -2.58. The van der Waals surface area contributed by atoms with Crippen molar-refractivity contribution >= 4 is 23.0 Å². The Hall–Kier alpha value is -7.86. The average molecular weight is 843 g/mol. The highest BCUT2D eigenvalue weighted by molar-refractivity contribution is 5.84. The van der Waals surface area contributed by atoms with Gasteiger partial charge < -0.3 is 33.9 Å². The van der Waals surface area contributed by atoms with Crippen LogP contribution in [-0.2, 0) is 26.2 Å². The van der Waals surface area contributed by atoms with Gasteiger partial charge in [-0.1, -0.05) is 36.7 Å². The normalized spacial score (nSPS) is 15.3. The fraction of sp³-hybridized carbons (Fsp3) is 0.333. The average Bonchev–Trinajstić information content (AvgIpc) is 3.73. The van der Waals surface area contributed by atoms with Crippen LogP contribution < -0.4 is 61.3 Å². The van der Waals surface area contributed by atoms with Crippen LogP contribution in [0.4, 0.5) is 23.0 Å². The van der Waals surface area contributed by atoms with E-state index in [9.17, 15) is 24.3 Å². The van der Waals surface area contributed by atoms with Crippen LogP contribution >= 0.6 is 0 Å². The standard InChI is InChI=1S/C45H46N8O9/c1-11-22-48-40-38(42(55)49(23-12-2)44(48)57)46(5)36(20-16-30-14-18-32(59-7)34(25-30)61-9)52(40)53-37(21-17-31-15-19-33(60-8)35(26-31)62-10)47(6)39-41(53)51(27-29(4)28-54)45(58)50(24-13-3)43(39)56/h2-3,11,14-15,18-19,25-26,29,36-37,54H,1,22-24,27-28H2,4-10H3. The molecule has 3 atom stereocenters. The molecule has 17 heteroatoms. The number of terminal acetylenes is 2. The third-order valence-electron chi connectivity index (χ3n) is 10.4. The lowest BCUT2D eigenvalue weighted by Gasteiger charge is -2.39. The maximum absolute atomic E-state index is 14.6. The Morgan fingerprint density at radius 3 is 1.50 bits per heavy atom. The van der Waals surface area contributed by atoms with Crippen LogP contribution in [0.25, 0.3) is 0 Å². The zero-order chi connectivity index (χ0) is 45.0. The molecule has 17 nitrogen and oxygen atoms in total. The molecule has 0 bridgehead atoms. The number of fused-ring (bicyclic) bond motifs is 2. The number of aliphatic hydroxyl groups excluding tert-OH is 1. The van der Waals surface area contributed by atoms with Crippen molar-refractivity contribution < 1.29 is 24.1 Å². The summed E-state index contributed by atoms with van der Waals surface area (Å²) in [6.45, 7) is 4.45. The molecule has 0 aliphatic carbocycles. The summed E-state index contributed by atoms with van der Waals surface area (Å²) in [6, 6.07) is 10.2. The molecule has 4 heterocycles. The highest BCUT2D eigenvalue weighted by Crippen LogP contribution is 2.44. The van der Waals surface area contributed by atoms with Crippen molar-refractivity contribution in [3.63, 3.8) is 0 Å². The monoisotopic (exact) mass is 842 g/mol. The van der Waals surface area contributed by atoms with Crippen LogP contribution in [-0.4, -0.2) is 84.8 Å². The number of allylic oxidation sites excluding steroid dienone is 1. The fourth-order valence-electron chi connectivity index (χ4n) is 7.40. The summed E-state index contributed by atoms with van der Waals surface area (Å²) in [6.07, 6.45) is 10.6. The van der Waals surface area contributed by atoms with Gasteiger partial charge in [0, 0.05) is 44.9 Å². The predicted molar refractivity (Wildman–Crippen MR) is 236 cm³/mol. The van der Waals surface area contributed by atoms with Gasteiger partial charge in [-0.25, -0.2) is 28.7 Å². The summed E-state index contributed by atoms with van der Waals surface area (Å²) < 4.78 is 26.5. The van der Waals surface area contributed by atoms with Gasteiger partial charge >= 0.3 is 11.4 Å². The number of methoxy groups -OCH3 is 4. The summed E-state index contributed by atoms with van der Waals surface area (Å²) in [5, 5.41) is 13.4. The Kier molecular flexibility index (Phi) is 12.8. The van der Waals surface area contributed by atoms with Crippen LogP contribution in [0, 0.1) is 54.3 Å². The molecule has 62 heavy (non-hydrogen) atoms. The maximum atomic E-state index is 14.6. The molecule has 0 fully saturated rings. The van der Waals surface area contributed by atoms with Gasteiger partial charge in [-0.3, -0.25) is 18.7 Å². The number of anilines is 4. The molecule has 3 unspecified atom stereocenters. The van der Waals surface area contributed by atoms with Crippen LogP contribution in [0.15, 0.2) is 68.2 Å². The first-order chi connectivity index (χ1) is 29.8. The fourth-order valence-corrected chi connectivity index (χ4v) is 7.40. The van der Waals surface area contributed by atoms with Gasteiger partial charge in [-0.15, -0.1) is 19.4 Å². The van der Waals surface area contributed by atoms with Crippen molar-refractivity contribution in [2.75, 3.05) is 69.0 Å². The Bertz CT molecular complexity index is 2890. The minimum atomic E-state index is -1.13. The van der Waals surface area contributed by atoms with Crippen LogP contribution in [0.3, 0.4) is 0 Å². The molecule has 1 N–H and O–H groups in total. The van der Waals surface area contributed by atoms with E-state index in [1.807, 2.05) is 0 Å². The minimum absolute atomic E-state index is 0.0256. The number of ether oxygens (including phenoxy) is 4. The van der Waals surface area contributed by atoms with E-state index in [0.29, 0.717) is 34.1 Å². The SMILES string of the molecule is C#CCn1c(=O)c2c(n(CC=C)c1=O)N(N1c3c(c(=O)n(CC#C)c(=O)n3CC(C)CO)N(C)C1C#Cc1ccc(OC)c(OC)c1)C(C#Cc1ccc(OC)c(OC)c1)N2C. The van der Waals surface area contributed by atoms with E-state index in [4.69, 9.17) is 31.8 Å². The molecule has 0 saturated heterocycles. The third kappa shape index (κ3) is 7.47. The van der Waals surface area contributed by atoms with Gasteiger partial charge in [0.05, 0.1) is 41.5 Å². The molecule has 0 spiro atoms. The number of rotatable bonds is 12. The summed E-state index contributed by atoms with van der Waals surface area (Å²) in [4.78, 5) is 61.1. The molecule has 0 saturated carbocycles. The van der Waals surface area contributed by atoms with Gasteiger partial charge in [-0.05, 0) is 54.2 Å². The van der Waals surface area contributed by atoms with Crippen LogP contribution in [0.1, 0.15) is 18.1 Å². The molecule has 2 aliphatic rings. The number of hydrazine groups is 1. The Labute approximate surface area is 358 Å². The molecule has 6 rings (SSSR count). The lowest BCUT2D eigenvalue weighted by molar-refractivity contribution is 0.221. The Balaban J connectivity index is 1.76. The van der Waals surface area contributed by atoms with Crippen molar-refractivity contribution in [1.82, 2.24) is 18.3 Å². The van der Waals surface area contributed by atoms with Crippen molar-refractivity contribution in [2.45, 2.75) is 45.4 Å². The highest BCUT2D eigenvalue weighted by Gasteiger charge is 2.50. The third-order valence-corrected chi connectivity index (χ3v) is 10.4. The molecule has 320 valence electrons. The van der Waals surface area contributed by atoms with Gasteiger partial charge in [0.2, 0.25) is 0 Å². The molecule has 2 aliphatic heterocycles. The lowest BCUT2D eigenvalue weighted by atomic mass is 10.2. The summed E-state index contributed by atoms with van der Waals surface area (Å²) in [5.74, 6) is 19.1. The zero-order valence-electron chi connectivity index (χ0n) is 35.5. The maximum Gasteiger partial charge on any atom is 0.333 e. The summed E-state index contributed by atoms with van der Waals surface area (Å²) in [7, 11) is 9.28. The predicted octanol–water partition coefficient (Wildman–Crippen LogP) is 1.33. The van der Waals surface area contributed by atoms with E-state index in [1.165, 1.54) is 43.6 Å². The smallest absolute Gasteiger partial charge is 0.333 e. The Morgan fingerprint density at radius 1 is 0.694 bits per heavy atom. The van der Waals surface area contributed by atoms with E-state index in [2.05, 4.69) is 42.1 Å². The number of aromatic nitrogens is 4. The second kappa shape index (κ2) is 18.2. The number of aliphatic hydroxyl groups is 1. The van der Waals surface area contributed by atoms with E-state index in [0.717, 1.165) is 9.13 Å². The highest BCUT2D eigenvalue weighted by atomic mass is 16.5. The summed E-state index contributed by atoms with van der Waals surface area (Å²) in [5.41, 5.74) is -1.84. The molecule has 2 aromatic heterocycles. The molecular formula is C45H46N8O9. The van der Waals surface area contributed by atoms with Gasteiger partial charge in [0.15, 0.2) is 47.0 Å². The van der Waals surface area contributed by atoms with Crippen LogP contribution in [0.2, 0.25) is 0 Å². The van der Waals surface area contributed by atoms with Gasteiger partial charge in [0.1, 0.15) is 11.4 Å². The second-order valence-corrected chi connectivity index (χ2v) is 14.2. The summed E-state index contributed by atoms with van der Waals surface area (Å²) >= 11 is 0. The van der Waals surface area contributed by atoms with Crippen molar-refractivity contribution in [3.8, 4) is 71.4 Å². The van der Waals surface area contributed by atoms with Gasteiger partial charge in [-0.2, -0.15) is 0 Å². The van der Waals surface area contributed by atoms with Crippen molar-refractivity contribution in [1.29, 1.82) is 0 Å². The molecule has 0 amide bonds. The molecule has 0 radical (unpaired) electrons. The van der Waals surface area contributed by atoms with E-state index < -0.39 is 40.7 Å². The van der Waals surface area contributed by atoms with E-state index in [-0.39, 0.29) is 55.8 Å². The second-order valence-electron chi connectivity index (χ2n) is 14.2. The van der Waals surface area contributed by atoms with Crippen molar-refractivity contribution in [3.05, 3.63) is 102 Å². The number of hydrogen-bond acceptors (Lipinski definition) is 13. The number of benzene rings is 2. The van der Waals surface area contributed by atoms with E-state index in [1.54, 1.807) is 77.2 Å². The van der Waals surface area contributed by atoms with E-state index >= 15 is 0 Å². The van der Waals surface area contributed by atoms with Crippen LogP contribution in [0.5, 0.6) is 23.0 Å². The zero-order valence-corrected chi connectivity index (χ0v) is 35.5. The first-order valence-corrected chi connectivity index (χ1v) is 19.2. The van der Waals surface area contributed by atoms with Gasteiger partial charge in [0.25, 0.3) is 11.1 Å². The quantitative estimate of drug-likeness (QED) is 0.161. The first kappa shape index (κ1) is 43.7. The number of hydrogen-bond donors (Lipinski definition) is 1. The first-order valence-electron chi connectivity index (χ1n) is 19.2. The largest absolute Gasteiger partial charge is 0.493 e. The molecule has 4 aromatic rings. The molecular weight excluding hydrogens is 797 g/mol. The minimum Gasteiger partial charge on any atom is -0.493 e. The Morgan fingerprint density at radius 2 is 1.11 bits per heavy atom.